The van der Waals surface area contributed by atoms with Gasteiger partial charge in [0.15, 0.2) is 0 Å². The van der Waals surface area contributed by atoms with Crippen LogP contribution >= 0.6 is 0 Å². The molecular weight excluding hydrogens is 242 g/mol. The van der Waals surface area contributed by atoms with Gasteiger partial charge in [0.25, 0.3) is 0 Å². The summed E-state index contributed by atoms with van der Waals surface area (Å²) in [4.78, 5) is 16.1. The van der Waals surface area contributed by atoms with E-state index in [-0.39, 0.29) is 11.6 Å². The lowest BCUT2D eigenvalue weighted by Crippen LogP contribution is -2.59. The Bertz CT molecular complexity index is 326. The third-order valence-electron chi connectivity index (χ3n) is 3.91. The fourth-order valence-corrected chi connectivity index (χ4v) is 2.65. The highest BCUT2D eigenvalue weighted by Gasteiger charge is 2.35. The minimum absolute atomic E-state index is 0.0358. The van der Waals surface area contributed by atoms with Gasteiger partial charge in [-0.2, -0.15) is 0 Å². The smallest absolute Gasteiger partial charge is 0.410 e. The monoisotopic (exact) mass is 269 g/mol. The van der Waals surface area contributed by atoms with Crippen LogP contribution in [0.1, 0.15) is 40.0 Å². The third kappa shape index (κ3) is 4.08. The average Bonchev–Trinajstić information content (AvgIpc) is 2.25. The highest BCUT2D eigenvalue weighted by atomic mass is 16.6. The van der Waals surface area contributed by atoms with Gasteiger partial charge in [-0.05, 0) is 40.0 Å². The number of ether oxygens (including phenoxy) is 1. The number of hydrogen-bond donors (Lipinski definition) is 1. The van der Waals surface area contributed by atoms with E-state index in [1.807, 2.05) is 20.8 Å². The molecule has 0 aromatic carbocycles. The molecule has 110 valence electrons. The van der Waals surface area contributed by atoms with Crippen LogP contribution in [0, 0.1) is 0 Å². The highest BCUT2D eigenvalue weighted by Crippen LogP contribution is 2.30. The Balaban J connectivity index is 1.74. The van der Waals surface area contributed by atoms with Crippen molar-refractivity contribution in [2.75, 3.05) is 32.7 Å². The van der Waals surface area contributed by atoms with Crippen LogP contribution in [0.15, 0.2) is 0 Å². The van der Waals surface area contributed by atoms with Crippen LogP contribution in [-0.2, 0) is 4.74 Å². The number of carbonyl (C=O) groups is 1. The van der Waals surface area contributed by atoms with E-state index in [1.54, 1.807) is 4.90 Å². The van der Waals surface area contributed by atoms with Crippen molar-refractivity contribution < 1.29 is 9.53 Å². The van der Waals surface area contributed by atoms with E-state index in [9.17, 15) is 4.79 Å². The van der Waals surface area contributed by atoms with E-state index in [2.05, 4.69) is 4.90 Å². The van der Waals surface area contributed by atoms with E-state index in [4.69, 9.17) is 10.5 Å². The summed E-state index contributed by atoms with van der Waals surface area (Å²) in [6.07, 6.45) is 3.34. The van der Waals surface area contributed by atoms with Crippen LogP contribution in [-0.4, -0.2) is 59.8 Å². The van der Waals surface area contributed by atoms with Crippen molar-refractivity contribution >= 4 is 6.09 Å². The Morgan fingerprint density at radius 1 is 1.21 bits per heavy atom. The minimum atomic E-state index is -0.415. The van der Waals surface area contributed by atoms with Gasteiger partial charge in [-0.1, -0.05) is 0 Å². The summed E-state index contributed by atoms with van der Waals surface area (Å²) < 4.78 is 5.39. The molecular formula is C14H27N3O2. The molecule has 2 aliphatic rings. The summed E-state index contributed by atoms with van der Waals surface area (Å²) in [6, 6.07) is 0. The lowest BCUT2D eigenvalue weighted by atomic mass is 9.77. The minimum Gasteiger partial charge on any atom is -0.444 e. The van der Waals surface area contributed by atoms with Crippen LogP contribution in [0.4, 0.5) is 4.79 Å². The predicted molar refractivity (Wildman–Crippen MR) is 75.0 cm³/mol. The second-order valence-corrected chi connectivity index (χ2v) is 6.96. The van der Waals surface area contributed by atoms with Crippen LogP contribution in [0.5, 0.6) is 0 Å². The molecule has 0 spiro atoms. The first-order valence-electron chi connectivity index (χ1n) is 7.27. The van der Waals surface area contributed by atoms with Gasteiger partial charge in [-0.25, -0.2) is 4.79 Å². The molecule has 1 saturated carbocycles. The quantitative estimate of drug-likeness (QED) is 0.823. The molecule has 2 N–H and O–H groups in total. The van der Waals surface area contributed by atoms with Gasteiger partial charge >= 0.3 is 6.09 Å². The van der Waals surface area contributed by atoms with Crippen molar-refractivity contribution in [1.29, 1.82) is 0 Å². The van der Waals surface area contributed by atoms with E-state index >= 15 is 0 Å². The van der Waals surface area contributed by atoms with Gasteiger partial charge in [-0.15, -0.1) is 0 Å². The molecule has 19 heavy (non-hydrogen) atoms. The van der Waals surface area contributed by atoms with Crippen LogP contribution in [0.2, 0.25) is 0 Å². The maximum absolute atomic E-state index is 11.9. The van der Waals surface area contributed by atoms with Crippen molar-refractivity contribution in [2.24, 2.45) is 5.73 Å². The van der Waals surface area contributed by atoms with E-state index < -0.39 is 5.60 Å². The van der Waals surface area contributed by atoms with Gasteiger partial charge in [0, 0.05) is 38.3 Å². The summed E-state index contributed by atoms with van der Waals surface area (Å²) in [5.74, 6) is 0. The standard InChI is InChI=1S/C14H27N3O2/c1-13(2,3)19-12(18)17-9-7-16(8-10-17)11-14(15)5-4-6-14/h4-11,15H2,1-3H3. The Labute approximate surface area is 116 Å². The van der Waals surface area contributed by atoms with E-state index in [1.165, 1.54) is 6.42 Å². The van der Waals surface area contributed by atoms with Gasteiger partial charge in [-0.3, -0.25) is 4.90 Å². The van der Waals surface area contributed by atoms with Crippen LogP contribution in [0.3, 0.4) is 0 Å². The highest BCUT2D eigenvalue weighted by molar-refractivity contribution is 5.68. The van der Waals surface area contributed by atoms with Crippen molar-refractivity contribution in [1.82, 2.24) is 9.80 Å². The summed E-state index contributed by atoms with van der Waals surface area (Å²) in [6.45, 7) is 9.95. The van der Waals surface area contributed by atoms with Gasteiger partial charge in [0.05, 0.1) is 0 Å². The molecule has 1 aliphatic carbocycles. The molecule has 1 saturated heterocycles. The fraction of sp³-hybridized carbons (Fsp3) is 0.929. The molecule has 1 amide bonds. The first-order chi connectivity index (χ1) is 8.77. The summed E-state index contributed by atoms with van der Waals surface area (Å²) >= 11 is 0. The first-order valence-corrected chi connectivity index (χ1v) is 7.27. The molecule has 0 bridgehead atoms. The summed E-state index contributed by atoms with van der Waals surface area (Å²) in [7, 11) is 0. The first kappa shape index (κ1) is 14.6. The largest absolute Gasteiger partial charge is 0.444 e. The normalized spacial score (nSPS) is 23.9. The second-order valence-electron chi connectivity index (χ2n) is 6.96. The SMILES string of the molecule is CC(C)(C)OC(=O)N1CCN(CC2(N)CCC2)CC1. The average molecular weight is 269 g/mol. The predicted octanol–water partition coefficient (Wildman–Crippen LogP) is 1.42. The van der Waals surface area contributed by atoms with Gasteiger partial charge < -0.3 is 15.4 Å². The molecule has 0 aromatic rings. The Hall–Kier alpha value is -0.810. The Kier molecular flexibility index (Phi) is 4.06. The second kappa shape index (κ2) is 5.29. The molecule has 5 nitrogen and oxygen atoms in total. The summed E-state index contributed by atoms with van der Waals surface area (Å²) in [5, 5.41) is 0. The number of carbonyl (C=O) groups excluding carboxylic acids is 1. The van der Waals surface area contributed by atoms with E-state index in [0.29, 0.717) is 0 Å². The van der Waals surface area contributed by atoms with Crippen molar-refractivity contribution in [3.8, 4) is 0 Å². The number of piperazine rings is 1. The van der Waals surface area contributed by atoms with Crippen molar-refractivity contribution in [3.63, 3.8) is 0 Å². The molecule has 0 aromatic heterocycles. The number of nitrogens with two attached hydrogens (primary N) is 1. The van der Waals surface area contributed by atoms with Crippen molar-refractivity contribution in [3.05, 3.63) is 0 Å². The third-order valence-corrected chi connectivity index (χ3v) is 3.91. The maximum Gasteiger partial charge on any atom is 0.410 e. The molecule has 1 aliphatic heterocycles. The number of nitrogens with zero attached hydrogens (tertiary/aromatic N) is 2. The molecule has 1 heterocycles. The molecule has 0 unspecified atom stereocenters. The molecule has 5 heteroatoms. The Morgan fingerprint density at radius 3 is 2.21 bits per heavy atom. The van der Waals surface area contributed by atoms with Crippen LogP contribution in [0.25, 0.3) is 0 Å². The number of amides is 1. The molecule has 2 rings (SSSR count). The maximum atomic E-state index is 11.9. The van der Waals surface area contributed by atoms with Gasteiger partial charge in [0.1, 0.15) is 5.60 Å². The lowest BCUT2D eigenvalue weighted by Gasteiger charge is -2.44. The van der Waals surface area contributed by atoms with Crippen molar-refractivity contribution in [2.45, 2.75) is 51.2 Å². The zero-order valence-corrected chi connectivity index (χ0v) is 12.4. The fourth-order valence-electron chi connectivity index (χ4n) is 2.65. The number of rotatable bonds is 2. The lowest BCUT2D eigenvalue weighted by molar-refractivity contribution is 0.0110. The Morgan fingerprint density at radius 2 is 1.79 bits per heavy atom. The molecule has 0 radical (unpaired) electrons. The van der Waals surface area contributed by atoms with Gasteiger partial charge in [0.2, 0.25) is 0 Å². The zero-order valence-electron chi connectivity index (χ0n) is 12.4. The van der Waals surface area contributed by atoms with Crippen LogP contribution < -0.4 is 5.73 Å². The summed E-state index contributed by atoms with van der Waals surface area (Å²) in [5.41, 5.74) is 5.89. The zero-order chi connectivity index (χ0) is 14.1. The molecule has 0 atom stereocenters. The van der Waals surface area contributed by atoms with E-state index in [0.717, 1.165) is 45.6 Å². The molecule has 2 fully saturated rings. The topological polar surface area (TPSA) is 58.8 Å². The number of hydrogen-bond acceptors (Lipinski definition) is 4.